The van der Waals surface area contributed by atoms with Crippen LogP contribution in [0.25, 0.3) is 5.76 Å². The zero-order chi connectivity index (χ0) is 23.6. The number of phenols is 1. The number of nitrogens with zero attached hydrogens (tertiary/aromatic N) is 2. The van der Waals surface area contributed by atoms with E-state index in [4.69, 9.17) is 21.1 Å². The van der Waals surface area contributed by atoms with Crippen molar-refractivity contribution in [2.45, 2.75) is 6.04 Å². The number of likely N-dealkylation sites (tertiary alicyclic amines) is 1. The smallest absolute Gasteiger partial charge is 0.295 e. The quantitative estimate of drug-likeness (QED) is 0.372. The number of hydrogen-bond donors (Lipinski definition) is 2. The van der Waals surface area contributed by atoms with E-state index in [9.17, 15) is 19.8 Å². The van der Waals surface area contributed by atoms with Gasteiger partial charge in [-0.05, 0) is 37.9 Å². The predicted octanol–water partition coefficient (Wildman–Crippen LogP) is 3.05. The third-order valence-corrected chi connectivity index (χ3v) is 5.54. The highest BCUT2D eigenvalue weighted by Gasteiger charge is 2.46. The number of aliphatic hydroxyl groups excluding tert-OH is 1. The molecule has 32 heavy (non-hydrogen) atoms. The number of benzene rings is 2. The number of rotatable bonds is 7. The third kappa shape index (κ3) is 4.37. The molecule has 0 aliphatic carbocycles. The van der Waals surface area contributed by atoms with Crippen molar-refractivity contribution in [2.75, 3.05) is 41.4 Å². The van der Waals surface area contributed by atoms with Crippen LogP contribution in [0, 0.1) is 0 Å². The molecule has 8 nitrogen and oxygen atoms in total. The van der Waals surface area contributed by atoms with E-state index in [-0.39, 0.29) is 34.2 Å². The molecular weight excluding hydrogens is 436 g/mol. The monoisotopic (exact) mass is 460 g/mol. The molecule has 0 radical (unpaired) electrons. The lowest BCUT2D eigenvalue weighted by Gasteiger charge is -2.26. The minimum atomic E-state index is -0.896. The van der Waals surface area contributed by atoms with Gasteiger partial charge in [0.05, 0.1) is 36.4 Å². The lowest BCUT2D eigenvalue weighted by atomic mass is 9.94. The van der Waals surface area contributed by atoms with Crippen molar-refractivity contribution in [3.63, 3.8) is 0 Å². The van der Waals surface area contributed by atoms with E-state index in [2.05, 4.69) is 0 Å². The van der Waals surface area contributed by atoms with Crippen molar-refractivity contribution in [3.05, 3.63) is 58.1 Å². The molecular formula is C23H25ClN2O6. The van der Waals surface area contributed by atoms with Crippen LogP contribution in [0.5, 0.6) is 17.2 Å². The number of likely N-dealkylation sites (N-methyl/N-ethyl adjacent to an activating group) is 1. The summed E-state index contributed by atoms with van der Waals surface area (Å²) in [4.78, 5) is 29.3. The van der Waals surface area contributed by atoms with Crippen LogP contribution in [0.1, 0.15) is 17.2 Å². The summed E-state index contributed by atoms with van der Waals surface area (Å²) in [6.07, 6.45) is 0. The average molecular weight is 461 g/mol. The summed E-state index contributed by atoms with van der Waals surface area (Å²) in [6, 6.07) is 8.26. The fourth-order valence-electron chi connectivity index (χ4n) is 3.65. The molecule has 1 heterocycles. The topological polar surface area (TPSA) is 99.5 Å². The van der Waals surface area contributed by atoms with Crippen molar-refractivity contribution < 1.29 is 29.3 Å². The molecule has 3 rings (SSSR count). The Morgan fingerprint density at radius 1 is 1.12 bits per heavy atom. The summed E-state index contributed by atoms with van der Waals surface area (Å²) in [5, 5.41) is 21.4. The number of hydrogen-bond acceptors (Lipinski definition) is 7. The summed E-state index contributed by atoms with van der Waals surface area (Å²) >= 11 is 6.25. The van der Waals surface area contributed by atoms with Gasteiger partial charge in [-0.3, -0.25) is 9.59 Å². The van der Waals surface area contributed by atoms with Gasteiger partial charge in [0.1, 0.15) is 23.0 Å². The largest absolute Gasteiger partial charge is 0.508 e. The van der Waals surface area contributed by atoms with Crippen molar-refractivity contribution in [1.82, 2.24) is 9.80 Å². The number of methoxy groups -OCH3 is 2. The van der Waals surface area contributed by atoms with Crippen LogP contribution in [0.4, 0.5) is 0 Å². The zero-order valence-corrected chi connectivity index (χ0v) is 19.0. The van der Waals surface area contributed by atoms with Crippen LogP contribution >= 0.6 is 11.6 Å². The number of ketones is 1. The number of carbonyl (C=O) groups is 2. The average Bonchev–Trinajstić information content (AvgIpc) is 3.01. The molecule has 2 aromatic carbocycles. The number of Topliss-reactive ketones (excluding diaryl/α,β-unsaturated/α-hetero) is 1. The Balaban J connectivity index is 2.23. The van der Waals surface area contributed by atoms with Crippen molar-refractivity contribution in [2.24, 2.45) is 0 Å². The molecule has 1 aliphatic heterocycles. The molecule has 1 amide bonds. The summed E-state index contributed by atoms with van der Waals surface area (Å²) in [5.41, 5.74) is 0.524. The Bertz CT molecular complexity index is 1080. The van der Waals surface area contributed by atoms with Gasteiger partial charge in [0.2, 0.25) is 0 Å². The number of aliphatic hydroxyl groups is 1. The fraction of sp³-hybridized carbons (Fsp3) is 0.304. The van der Waals surface area contributed by atoms with E-state index < -0.39 is 23.5 Å². The van der Waals surface area contributed by atoms with Crippen LogP contribution in [0.15, 0.2) is 42.0 Å². The molecule has 1 unspecified atom stereocenters. The Kier molecular flexibility index (Phi) is 6.96. The normalized spacial score (nSPS) is 17.8. The Morgan fingerprint density at radius 2 is 1.81 bits per heavy atom. The summed E-state index contributed by atoms with van der Waals surface area (Å²) < 4.78 is 10.6. The van der Waals surface area contributed by atoms with E-state index in [0.29, 0.717) is 17.9 Å². The highest BCUT2D eigenvalue weighted by molar-refractivity contribution is 6.46. The number of phenolic OH excluding ortho intramolecular Hbond substituents is 1. The molecule has 170 valence electrons. The molecule has 1 fully saturated rings. The second-order valence-corrected chi connectivity index (χ2v) is 7.98. The molecule has 0 spiro atoms. The SMILES string of the molecule is COc1cc(OC)c(/C(O)=C2\C(=O)C(=O)N(CCN(C)C)C2c2cccc(O)c2)cc1Cl. The number of aromatic hydroxyl groups is 1. The molecule has 0 saturated carbocycles. The van der Waals surface area contributed by atoms with E-state index in [1.165, 1.54) is 43.4 Å². The van der Waals surface area contributed by atoms with E-state index >= 15 is 0 Å². The van der Waals surface area contributed by atoms with Gasteiger partial charge in [0.25, 0.3) is 11.7 Å². The lowest BCUT2D eigenvalue weighted by molar-refractivity contribution is -0.140. The van der Waals surface area contributed by atoms with Crippen LogP contribution in [-0.4, -0.2) is 73.1 Å². The summed E-state index contributed by atoms with van der Waals surface area (Å²) in [7, 11) is 6.55. The van der Waals surface area contributed by atoms with Gasteiger partial charge < -0.3 is 29.5 Å². The minimum absolute atomic E-state index is 0.0224. The molecule has 0 aromatic heterocycles. The minimum Gasteiger partial charge on any atom is -0.508 e. The van der Waals surface area contributed by atoms with Gasteiger partial charge in [-0.15, -0.1) is 0 Å². The Labute approximate surface area is 191 Å². The van der Waals surface area contributed by atoms with Crippen LogP contribution in [0.2, 0.25) is 5.02 Å². The number of halogens is 1. The van der Waals surface area contributed by atoms with Crippen LogP contribution in [0.3, 0.4) is 0 Å². The first-order valence-electron chi connectivity index (χ1n) is 9.83. The van der Waals surface area contributed by atoms with Crippen molar-refractivity contribution >= 4 is 29.1 Å². The van der Waals surface area contributed by atoms with E-state index in [1.54, 1.807) is 12.1 Å². The van der Waals surface area contributed by atoms with Gasteiger partial charge in [-0.1, -0.05) is 23.7 Å². The maximum atomic E-state index is 13.1. The molecule has 2 N–H and O–H groups in total. The first kappa shape index (κ1) is 23.4. The summed E-state index contributed by atoms with van der Waals surface area (Å²) in [5.74, 6) is -1.46. The van der Waals surface area contributed by atoms with Crippen molar-refractivity contribution in [3.8, 4) is 17.2 Å². The van der Waals surface area contributed by atoms with Crippen LogP contribution in [-0.2, 0) is 9.59 Å². The highest BCUT2D eigenvalue weighted by atomic mass is 35.5. The van der Waals surface area contributed by atoms with Crippen LogP contribution < -0.4 is 9.47 Å². The molecule has 0 bridgehead atoms. The number of ether oxygens (including phenoxy) is 2. The van der Waals surface area contributed by atoms with E-state index in [0.717, 1.165) is 0 Å². The molecule has 1 aliphatic rings. The molecule has 9 heteroatoms. The maximum Gasteiger partial charge on any atom is 0.295 e. The van der Waals surface area contributed by atoms with Crippen molar-refractivity contribution in [1.29, 1.82) is 0 Å². The Morgan fingerprint density at radius 3 is 2.41 bits per heavy atom. The van der Waals surface area contributed by atoms with Gasteiger partial charge in [-0.2, -0.15) is 0 Å². The molecule has 2 aromatic rings. The van der Waals surface area contributed by atoms with Gasteiger partial charge in [-0.25, -0.2) is 0 Å². The van der Waals surface area contributed by atoms with Gasteiger partial charge >= 0.3 is 0 Å². The number of amides is 1. The van der Waals surface area contributed by atoms with Gasteiger partial charge in [0, 0.05) is 19.2 Å². The second-order valence-electron chi connectivity index (χ2n) is 7.58. The highest BCUT2D eigenvalue weighted by Crippen LogP contribution is 2.43. The Hall–Kier alpha value is -3.23. The summed E-state index contributed by atoms with van der Waals surface area (Å²) in [6.45, 7) is 0.745. The molecule has 1 saturated heterocycles. The lowest BCUT2D eigenvalue weighted by Crippen LogP contribution is -2.35. The first-order valence-corrected chi connectivity index (χ1v) is 10.2. The standard InChI is InChI=1S/C23H25ClN2O6/c1-25(2)8-9-26-20(13-6-5-7-14(27)10-13)19(22(29)23(26)30)21(28)15-11-16(24)18(32-4)12-17(15)31-3/h5-7,10-12,20,27-28H,8-9H2,1-4H3/b21-19+. The fourth-order valence-corrected chi connectivity index (χ4v) is 3.89. The molecule has 1 atom stereocenters. The maximum absolute atomic E-state index is 13.1. The van der Waals surface area contributed by atoms with E-state index in [1.807, 2.05) is 19.0 Å². The predicted molar refractivity (Wildman–Crippen MR) is 120 cm³/mol. The number of carbonyl (C=O) groups excluding carboxylic acids is 2. The third-order valence-electron chi connectivity index (χ3n) is 5.24. The zero-order valence-electron chi connectivity index (χ0n) is 18.3. The first-order chi connectivity index (χ1) is 15.2. The van der Waals surface area contributed by atoms with Gasteiger partial charge in [0.15, 0.2) is 0 Å². The second kappa shape index (κ2) is 9.50.